The SMILES string of the molecule is CC(C)(C)N1N=C(c2ccc(-c3cc(-c4ccc(C5=NN(C(C)(C)C)C(=O)N(C(C)(C)C)N5)cc4)cc(-c4ccc(C5=NN(C(C)(C)C)C(=O)N(C(C)(C)C)N5)cc4)c3)cc2)NN(C(C)(C)C)C1=O. The monoisotopic (exact) mass is 937 g/mol. The van der Waals surface area contributed by atoms with E-state index in [1.54, 1.807) is 30.1 Å². The number of urea groups is 3. The first-order chi connectivity index (χ1) is 31.7. The fourth-order valence-corrected chi connectivity index (χ4v) is 7.87. The van der Waals surface area contributed by atoms with Gasteiger partial charge in [-0.1, -0.05) is 72.8 Å². The summed E-state index contributed by atoms with van der Waals surface area (Å²) < 4.78 is 0. The van der Waals surface area contributed by atoms with Crippen molar-refractivity contribution in [3.05, 3.63) is 108 Å². The summed E-state index contributed by atoms with van der Waals surface area (Å²) in [5.41, 5.74) is 15.3. The molecule has 4 aromatic rings. The normalized spacial score (nSPS) is 16.8. The summed E-state index contributed by atoms with van der Waals surface area (Å²) in [6.07, 6.45) is 0. The van der Waals surface area contributed by atoms with E-state index in [0.717, 1.165) is 50.1 Å². The van der Waals surface area contributed by atoms with Crippen LogP contribution in [0.25, 0.3) is 33.4 Å². The number of carbonyl (C=O) groups is 3. The third kappa shape index (κ3) is 10.4. The molecule has 4 aromatic carbocycles. The number of hydrazone groups is 3. The van der Waals surface area contributed by atoms with Crippen molar-refractivity contribution < 1.29 is 14.4 Å². The van der Waals surface area contributed by atoms with Crippen molar-refractivity contribution in [3.8, 4) is 33.4 Å². The summed E-state index contributed by atoms with van der Waals surface area (Å²) >= 11 is 0. The summed E-state index contributed by atoms with van der Waals surface area (Å²) in [6.45, 7) is 35.7. The van der Waals surface area contributed by atoms with Crippen LogP contribution in [0.2, 0.25) is 0 Å². The van der Waals surface area contributed by atoms with Crippen molar-refractivity contribution in [1.29, 1.82) is 0 Å². The molecule has 0 saturated heterocycles. The summed E-state index contributed by atoms with van der Waals surface area (Å²) in [6, 6.07) is 30.6. The van der Waals surface area contributed by atoms with E-state index in [2.05, 4.69) is 70.9 Å². The number of hydrogen-bond donors (Lipinski definition) is 3. The molecule has 0 atom stereocenters. The molecule has 0 saturated carbocycles. The van der Waals surface area contributed by atoms with Crippen LogP contribution in [-0.4, -0.2) is 98.9 Å². The smallest absolute Gasteiger partial charge is 0.275 e. The number of amidine groups is 3. The predicted molar refractivity (Wildman–Crippen MR) is 278 cm³/mol. The molecule has 3 aliphatic rings. The number of rotatable bonds is 6. The second-order valence-electron chi connectivity index (χ2n) is 24.0. The van der Waals surface area contributed by atoms with Gasteiger partial charge in [0.05, 0.1) is 33.2 Å². The highest BCUT2D eigenvalue weighted by molar-refractivity contribution is 6.04. The molecule has 7 rings (SSSR count). The first kappa shape index (κ1) is 50.0. The van der Waals surface area contributed by atoms with Gasteiger partial charge in [-0.3, -0.25) is 16.3 Å². The molecular formula is C54H72N12O3. The number of benzene rings is 4. The largest absolute Gasteiger partial charge is 0.360 e. The molecule has 15 heteroatoms. The lowest BCUT2D eigenvalue weighted by molar-refractivity contribution is 0.0528. The van der Waals surface area contributed by atoms with E-state index in [0.29, 0.717) is 17.5 Å². The van der Waals surface area contributed by atoms with Gasteiger partial charge in [0.1, 0.15) is 0 Å². The Morgan fingerprint density at radius 2 is 0.478 bits per heavy atom. The van der Waals surface area contributed by atoms with Gasteiger partial charge in [-0.15, -0.1) is 15.3 Å². The first-order valence-corrected chi connectivity index (χ1v) is 23.7. The van der Waals surface area contributed by atoms with Gasteiger partial charge in [0.15, 0.2) is 17.5 Å². The van der Waals surface area contributed by atoms with Crippen LogP contribution in [0.1, 0.15) is 141 Å². The van der Waals surface area contributed by atoms with E-state index < -0.39 is 33.2 Å². The zero-order valence-corrected chi connectivity index (χ0v) is 43.9. The van der Waals surface area contributed by atoms with Gasteiger partial charge in [0.2, 0.25) is 0 Å². The molecule has 366 valence electrons. The summed E-state index contributed by atoms with van der Waals surface area (Å²) in [5.74, 6) is 1.74. The summed E-state index contributed by atoms with van der Waals surface area (Å²) in [5, 5.41) is 24.0. The first-order valence-electron chi connectivity index (χ1n) is 23.7. The molecule has 0 aliphatic carbocycles. The number of carbonyl (C=O) groups excluding carboxylic acids is 3. The van der Waals surface area contributed by atoms with Gasteiger partial charge >= 0.3 is 18.1 Å². The summed E-state index contributed by atoms with van der Waals surface area (Å²) in [7, 11) is 0. The number of amides is 6. The lowest BCUT2D eigenvalue weighted by atomic mass is 9.92. The fourth-order valence-electron chi connectivity index (χ4n) is 7.87. The minimum Gasteiger partial charge on any atom is -0.275 e. The molecule has 6 amide bonds. The van der Waals surface area contributed by atoms with Crippen LogP contribution >= 0.6 is 0 Å². The maximum atomic E-state index is 13.6. The second-order valence-corrected chi connectivity index (χ2v) is 24.0. The maximum absolute atomic E-state index is 13.6. The Morgan fingerprint density at radius 1 is 0.290 bits per heavy atom. The Bertz CT molecular complexity index is 2410. The maximum Gasteiger partial charge on any atom is 0.360 e. The van der Waals surface area contributed by atoms with E-state index in [9.17, 15) is 14.4 Å². The van der Waals surface area contributed by atoms with E-state index >= 15 is 0 Å². The van der Waals surface area contributed by atoms with E-state index in [1.807, 2.05) is 161 Å². The highest BCUT2D eigenvalue weighted by Crippen LogP contribution is 2.35. The minimum atomic E-state index is -0.543. The van der Waals surface area contributed by atoms with Crippen molar-refractivity contribution in [2.24, 2.45) is 15.3 Å². The van der Waals surface area contributed by atoms with Crippen LogP contribution in [-0.2, 0) is 0 Å². The van der Waals surface area contributed by atoms with Crippen molar-refractivity contribution in [2.45, 2.75) is 158 Å². The molecule has 0 unspecified atom stereocenters. The van der Waals surface area contributed by atoms with Crippen LogP contribution < -0.4 is 16.3 Å². The topological polar surface area (TPSA) is 144 Å². The number of nitrogens with one attached hydrogen (secondary N) is 3. The Hall–Kier alpha value is -6.90. The van der Waals surface area contributed by atoms with Crippen LogP contribution in [0, 0.1) is 0 Å². The van der Waals surface area contributed by atoms with Gasteiger partial charge in [0.25, 0.3) is 0 Å². The Morgan fingerprint density at radius 3 is 0.652 bits per heavy atom. The van der Waals surface area contributed by atoms with Gasteiger partial charge in [-0.25, -0.2) is 44.4 Å². The third-order valence-corrected chi connectivity index (χ3v) is 11.7. The van der Waals surface area contributed by atoms with Crippen molar-refractivity contribution in [1.82, 2.24) is 46.3 Å². The minimum absolute atomic E-state index is 0.213. The number of hydrogen-bond acceptors (Lipinski definition) is 9. The van der Waals surface area contributed by atoms with E-state index in [1.165, 1.54) is 0 Å². The molecule has 15 nitrogen and oxygen atoms in total. The van der Waals surface area contributed by atoms with Gasteiger partial charge in [-0.05, 0) is 176 Å². The van der Waals surface area contributed by atoms with E-state index in [4.69, 9.17) is 15.3 Å². The molecule has 0 bridgehead atoms. The standard InChI is InChI=1S/C54H72N12O3/c1-49(2,3)61-46(67)62(50(4,5)6)56-43(55-61)37-25-19-34(20-26-37)40-31-41(35-21-27-38(28-22-35)44-57-63(51(7,8)9)47(68)64(58-44)52(10,11)12)33-42(32-40)36-23-29-39(30-24-36)45-59-65(53(13,14)15)48(69)66(60-45)54(16,17)18/h19-33H,1-18H3,(H,55,56)(H,57,58)(H,59,60). The van der Waals surface area contributed by atoms with E-state index in [-0.39, 0.29) is 18.1 Å². The van der Waals surface area contributed by atoms with Crippen LogP contribution in [0.5, 0.6) is 0 Å². The van der Waals surface area contributed by atoms with Crippen LogP contribution in [0.4, 0.5) is 14.4 Å². The molecule has 0 spiro atoms. The molecule has 3 heterocycles. The third-order valence-electron chi connectivity index (χ3n) is 11.7. The molecule has 0 fully saturated rings. The average Bonchev–Trinajstić information content (AvgIpc) is 3.24. The molecule has 0 aromatic heterocycles. The average molecular weight is 937 g/mol. The fraction of sp³-hybridized carbons (Fsp3) is 0.444. The van der Waals surface area contributed by atoms with Crippen LogP contribution in [0.15, 0.2) is 106 Å². The summed E-state index contributed by atoms with van der Waals surface area (Å²) in [4.78, 5) is 40.7. The lowest BCUT2D eigenvalue weighted by Gasteiger charge is -2.45. The van der Waals surface area contributed by atoms with Crippen molar-refractivity contribution in [3.63, 3.8) is 0 Å². The second kappa shape index (κ2) is 17.3. The highest BCUT2D eigenvalue weighted by atomic mass is 16.2. The molecule has 3 N–H and O–H groups in total. The van der Waals surface area contributed by atoms with Gasteiger partial charge in [0, 0.05) is 16.7 Å². The quantitative estimate of drug-likeness (QED) is 0.176. The molecular weight excluding hydrogens is 865 g/mol. The Balaban J connectivity index is 1.29. The number of hydrazine groups is 3. The molecule has 3 aliphatic heterocycles. The van der Waals surface area contributed by atoms with Crippen molar-refractivity contribution in [2.75, 3.05) is 0 Å². The Kier molecular flexibility index (Phi) is 12.5. The number of nitrogens with zero attached hydrogens (tertiary/aromatic N) is 9. The zero-order valence-electron chi connectivity index (χ0n) is 43.9. The zero-order chi connectivity index (χ0) is 51.0. The van der Waals surface area contributed by atoms with Gasteiger partial charge < -0.3 is 0 Å². The molecule has 0 radical (unpaired) electrons. The lowest BCUT2D eigenvalue weighted by Crippen LogP contribution is -2.65. The van der Waals surface area contributed by atoms with Crippen molar-refractivity contribution >= 4 is 35.6 Å². The van der Waals surface area contributed by atoms with Gasteiger partial charge in [-0.2, -0.15) is 0 Å². The molecule has 69 heavy (non-hydrogen) atoms. The highest BCUT2D eigenvalue weighted by Gasteiger charge is 2.43. The Labute approximate surface area is 409 Å². The van der Waals surface area contributed by atoms with Crippen LogP contribution in [0.3, 0.4) is 0 Å². The predicted octanol–water partition coefficient (Wildman–Crippen LogP) is 11.2.